The third-order valence-electron chi connectivity index (χ3n) is 2.94. The SMILES string of the molecule is COc1cc(N)c(NCc2ccnn2C)cc1OC. The molecule has 3 N–H and O–H groups in total. The average Bonchev–Trinajstić information content (AvgIpc) is 2.82. The Labute approximate surface area is 112 Å². The smallest absolute Gasteiger partial charge is 0.162 e. The summed E-state index contributed by atoms with van der Waals surface area (Å²) in [6, 6.07) is 5.51. The van der Waals surface area contributed by atoms with Gasteiger partial charge in [-0.1, -0.05) is 0 Å². The number of rotatable bonds is 5. The first-order valence-corrected chi connectivity index (χ1v) is 5.88. The van der Waals surface area contributed by atoms with Crippen molar-refractivity contribution >= 4 is 11.4 Å². The number of methoxy groups -OCH3 is 2. The average molecular weight is 262 g/mol. The number of aryl methyl sites for hydroxylation is 1. The number of nitrogens with one attached hydrogen (secondary N) is 1. The van der Waals surface area contributed by atoms with Gasteiger partial charge in [-0.05, 0) is 6.07 Å². The van der Waals surface area contributed by atoms with Gasteiger partial charge in [0.05, 0.1) is 37.8 Å². The molecule has 0 aliphatic rings. The number of anilines is 2. The fourth-order valence-corrected chi connectivity index (χ4v) is 1.81. The molecule has 0 spiro atoms. The van der Waals surface area contributed by atoms with E-state index in [2.05, 4.69) is 10.4 Å². The third kappa shape index (κ3) is 2.73. The molecule has 6 nitrogen and oxygen atoms in total. The summed E-state index contributed by atoms with van der Waals surface area (Å²) in [5.41, 5.74) is 8.46. The highest BCUT2D eigenvalue weighted by Gasteiger charge is 2.09. The predicted octanol–water partition coefficient (Wildman–Crippen LogP) is 1.63. The van der Waals surface area contributed by atoms with Crippen LogP contribution in [0.15, 0.2) is 24.4 Å². The van der Waals surface area contributed by atoms with Gasteiger partial charge in [0.2, 0.25) is 0 Å². The molecule has 102 valence electrons. The van der Waals surface area contributed by atoms with Crippen molar-refractivity contribution in [3.63, 3.8) is 0 Å². The number of ether oxygens (including phenoxy) is 2. The van der Waals surface area contributed by atoms with Crippen LogP contribution in [-0.2, 0) is 13.6 Å². The molecular formula is C13H18N4O2. The fraction of sp³-hybridized carbons (Fsp3) is 0.308. The largest absolute Gasteiger partial charge is 0.493 e. The number of nitrogen functional groups attached to an aromatic ring is 1. The standard InChI is InChI=1S/C13H18N4O2/c1-17-9(4-5-16-17)8-15-11-7-13(19-3)12(18-2)6-10(11)14/h4-7,15H,8,14H2,1-3H3. The van der Waals surface area contributed by atoms with Gasteiger partial charge in [0.25, 0.3) is 0 Å². The molecule has 0 aliphatic heterocycles. The third-order valence-corrected chi connectivity index (χ3v) is 2.94. The Hall–Kier alpha value is -2.37. The molecule has 6 heteroatoms. The Bertz CT molecular complexity index is 566. The Morgan fingerprint density at radius 3 is 2.53 bits per heavy atom. The van der Waals surface area contributed by atoms with E-state index < -0.39 is 0 Å². The van der Waals surface area contributed by atoms with Gasteiger partial charge < -0.3 is 20.5 Å². The summed E-state index contributed by atoms with van der Waals surface area (Å²) in [6.45, 7) is 0.635. The van der Waals surface area contributed by atoms with Crippen LogP contribution >= 0.6 is 0 Å². The molecule has 0 saturated carbocycles. The van der Waals surface area contributed by atoms with Crippen molar-refractivity contribution in [2.24, 2.45) is 7.05 Å². The van der Waals surface area contributed by atoms with Gasteiger partial charge >= 0.3 is 0 Å². The van der Waals surface area contributed by atoms with Crippen LogP contribution in [-0.4, -0.2) is 24.0 Å². The lowest BCUT2D eigenvalue weighted by molar-refractivity contribution is 0.355. The van der Waals surface area contributed by atoms with Gasteiger partial charge in [0, 0.05) is 25.4 Å². The zero-order valence-electron chi connectivity index (χ0n) is 11.3. The van der Waals surface area contributed by atoms with E-state index in [4.69, 9.17) is 15.2 Å². The predicted molar refractivity (Wildman–Crippen MR) is 74.5 cm³/mol. The Balaban J connectivity index is 2.18. The summed E-state index contributed by atoms with van der Waals surface area (Å²) < 4.78 is 12.3. The first-order chi connectivity index (χ1) is 9.15. The van der Waals surface area contributed by atoms with Crippen molar-refractivity contribution in [3.05, 3.63) is 30.1 Å². The number of aromatic nitrogens is 2. The molecule has 0 amide bonds. The van der Waals surface area contributed by atoms with E-state index in [0.29, 0.717) is 23.7 Å². The Kier molecular flexibility index (Phi) is 3.79. The van der Waals surface area contributed by atoms with Crippen LogP contribution in [0.5, 0.6) is 11.5 Å². The van der Waals surface area contributed by atoms with Crippen LogP contribution in [0.25, 0.3) is 0 Å². The topological polar surface area (TPSA) is 74.3 Å². The molecule has 0 bridgehead atoms. The highest BCUT2D eigenvalue weighted by atomic mass is 16.5. The quantitative estimate of drug-likeness (QED) is 0.801. The number of hydrogen-bond donors (Lipinski definition) is 2. The van der Waals surface area contributed by atoms with E-state index in [9.17, 15) is 0 Å². The van der Waals surface area contributed by atoms with Crippen LogP contribution in [0, 0.1) is 0 Å². The van der Waals surface area contributed by atoms with Gasteiger partial charge in [-0.2, -0.15) is 5.10 Å². The van der Waals surface area contributed by atoms with Crippen LogP contribution in [0.1, 0.15) is 5.69 Å². The summed E-state index contributed by atoms with van der Waals surface area (Å²) in [6.07, 6.45) is 1.76. The van der Waals surface area contributed by atoms with Crippen molar-refractivity contribution in [3.8, 4) is 11.5 Å². The summed E-state index contributed by atoms with van der Waals surface area (Å²) >= 11 is 0. The van der Waals surface area contributed by atoms with Gasteiger partial charge in [0.1, 0.15) is 0 Å². The minimum atomic E-state index is 0.611. The number of benzene rings is 1. The second kappa shape index (κ2) is 5.51. The maximum Gasteiger partial charge on any atom is 0.162 e. The Morgan fingerprint density at radius 2 is 1.95 bits per heavy atom. The van der Waals surface area contributed by atoms with Crippen molar-refractivity contribution < 1.29 is 9.47 Å². The van der Waals surface area contributed by atoms with Crippen LogP contribution in [0.3, 0.4) is 0 Å². The number of nitrogens with zero attached hydrogens (tertiary/aromatic N) is 2. The normalized spacial score (nSPS) is 10.3. The van der Waals surface area contributed by atoms with Crippen molar-refractivity contribution in [1.29, 1.82) is 0 Å². The summed E-state index contributed by atoms with van der Waals surface area (Å²) in [7, 11) is 5.08. The minimum absolute atomic E-state index is 0.611. The van der Waals surface area contributed by atoms with Crippen LogP contribution < -0.4 is 20.5 Å². The molecule has 19 heavy (non-hydrogen) atoms. The van der Waals surface area contributed by atoms with E-state index in [-0.39, 0.29) is 0 Å². The molecule has 1 aromatic heterocycles. The zero-order chi connectivity index (χ0) is 13.8. The lowest BCUT2D eigenvalue weighted by Gasteiger charge is -2.14. The van der Waals surface area contributed by atoms with Gasteiger partial charge in [-0.25, -0.2) is 0 Å². The molecule has 0 saturated heterocycles. The molecule has 0 aliphatic carbocycles. The Morgan fingerprint density at radius 1 is 1.26 bits per heavy atom. The van der Waals surface area contributed by atoms with Crippen molar-refractivity contribution in [2.45, 2.75) is 6.54 Å². The molecule has 2 rings (SSSR count). The van der Waals surface area contributed by atoms with Gasteiger partial charge in [0.15, 0.2) is 11.5 Å². The zero-order valence-corrected chi connectivity index (χ0v) is 11.3. The fourth-order valence-electron chi connectivity index (χ4n) is 1.81. The second-order valence-corrected chi connectivity index (χ2v) is 4.09. The first-order valence-electron chi connectivity index (χ1n) is 5.88. The highest BCUT2D eigenvalue weighted by molar-refractivity contribution is 5.72. The number of hydrogen-bond acceptors (Lipinski definition) is 5. The van der Waals surface area contributed by atoms with E-state index in [1.54, 1.807) is 26.5 Å². The summed E-state index contributed by atoms with van der Waals surface area (Å²) in [4.78, 5) is 0. The van der Waals surface area contributed by atoms with Crippen molar-refractivity contribution in [1.82, 2.24) is 9.78 Å². The minimum Gasteiger partial charge on any atom is -0.493 e. The summed E-state index contributed by atoms with van der Waals surface area (Å²) in [5.74, 6) is 1.26. The van der Waals surface area contributed by atoms with Gasteiger partial charge in [-0.15, -0.1) is 0 Å². The maximum atomic E-state index is 5.98. The van der Waals surface area contributed by atoms with E-state index >= 15 is 0 Å². The summed E-state index contributed by atoms with van der Waals surface area (Å²) in [5, 5.41) is 7.37. The van der Waals surface area contributed by atoms with Gasteiger partial charge in [-0.3, -0.25) is 4.68 Å². The lowest BCUT2D eigenvalue weighted by Crippen LogP contribution is -2.07. The molecule has 0 fully saturated rings. The van der Waals surface area contributed by atoms with Crippen LogP contribution in [0.2, 0.25) is 0 Å². The van der Waals surface area contributed by atoms with E-state index in [1.165, 1.54) is 0 Å². The molecule has 1 heterocycles. The highest BCUT2D eigenvalue weighted by Crippen LogP contribution is 2.34. The molecular weight excluding hydrogens is 244 g/mol. The van der Waals surface area contributed by atoms with E-state index in [0.717, 1.165) is 11.4 Å². The second-order valence-electron chi connectivity index (χ2n) is 4.09. The molecule has 0 atom stereocenters. The van der Waals surface area contributed by atoms with Crippen molar-refractivity contribution in [2.75, 3.05) is 25.3 Å². The molecule has 0 radical (unpaired) electrons. The van der Waals surface area contributed by atoms with Crippen LogP contribution in [0.4, 0.5) is 11.4 Å². The molecule has 0 unspecified atom stereocenters. The van der Waals surface area contributed by atoms with E-state index in [1.807, 2.05) is 23.9 Å². The molecule has 2 aromatic rings. The first kappa shape index (κ1) is 13.1. The maximum absolute atomic E-state index is 5.98. The number of nitrogens with two attached hydrogens (primary N) is 1. The monoisotopic (exact) mass is 262 g/mol. The molecule has 1 aromatic carbocycles. The lowest BCUT2D eigenvalue weighted by atomic mass is 10.2.